The Kier molecular flexibility index (Phi) is 5.78. The predicted octanol–water partition coefficient (Wildman–Crippen LogP) is 3.81. The summed E-state index contributed by atoms with van der Waals surface area (Å²) in [4.78, 5) is 7.44. The van der Waals surface area contributed by atoms with Crippen LogP contribution in [0, 0.1) is 11.7 Å². The smallest absolute Gasteiger partial charge is 0.394 e. The molecule has 1 heterocycles. The zero-order chi connectivity index (χ0) is 18.6. The highest BCUT2D eigenvalue weighted by Gasteiger charge is 2.34. The number of nitrogens with one attached hydrogen (secondary N) is 2. The lowest BCUT2D eigenvalue weighted by Gasteiger charge is -2.21. The summed E-state index contributed by atoms with van der Waals surface area (Å²) in [5, 5.41) is 14.6. The molecule has 0 fully saturated rings. The second-order valence-electron chi connectivity index (χ2n) is 5.77. The van der Waals surface area contributed by atoms with Crippen LogP contribution in [0.5, 0.6) is 0 Å². The lowest BCUT2D eigenvalue weighted by atomic mass is 10.1. The van der Waals surface area contributed by atoms with Crippen LogP contribution in [0.1, 0.15) is 19.5 Å². The van der Waals surface area contributed by atoms with Crippen molar-refractivity contribution < 1.29 is 22.7 Å². The topological polar surface area (TPSA) is 70.1 Å². The van der Waals surface area contributed by atoms with Crippen molar-refractivity contribution in [3.63, 3.8) is 0 Å². The van der Waals surface area contributed by atoms with E-state index < -0.39 is 23.7 Å². The average molecular weight is 358 g/mol. The maximum atomic E-state index is 13.2. The van der Waals surface area contributed by atoms with Crippen LogP contribution in [0.3, 0.4) is 0 Å². The van der Waals surface area contributed by atoms with Gasteiger partial charge in [-0.3, -0.25) is 0 Å². The van der Waals surface area contributed by atoms with Crippen LogP contribution in [0.4, 0.5) is 35.0 Å². The van der Waals surface area contributed by atoms with Gasteiger partial charge < -0.3 is 15.7 Å². The Labute approximate surface area is 142 Å². The maximum Gasteiger partial charge on any atom is 0.433 e. The molecule has 0 radical (unpaired) electrons. The minimum Gasteiger partial charge on any atom is -0.394 e. The quantitative estimate of drug-likeness (QED) is 0.685. The van der Waals surface area contributed by atoms with Crippen LogP contribution in [0.25, 0.3) is 0 Å². The Balaban J connectivity index is 2.36. The van der Waals surface area contributed by atoms with E-state index in [9.17, 15) is 22.7 Å². The van der Waals surface area contributed by atoms with Gasteiger partial charge >= 0.3 is 6.18 Å². The largest absolute Gasteiger partial charge is 0.433 e. The third kappa shape index (κ3) is 5.28. The summed E-state index contributed by atoms with van der Waals surface area (Å²) in [6, 6.07) is 5.49. The summed E-state index contributed by atoms with van der Waals surface area (Å²) in [6.07, 6.45) is -4.68. The van der Waals surface area contributed by atoms with Crippen molar-refractivity contribution in [2.75, 3.05) is 17.2 Å². The van der Waals surface area contributed by atoms with Crippen LogP contribution in [0.15, 0.2) is 30.3 Å². The van der Waals surface area contributed by atoms with Crippen LogP contribution in [-0.2, 0) is 6.18 Å². The molecule has 0 aliphatic carbocycles. The molecular weight excluding hydrogens is 340 g/mol. The fraction of sp³-hybridized carbons (Fsp3) is 0.375. The molecule has 0 saturated heterocycles. The van der Waals surface area contributed by atoms with E-state index in [4.69, 9.17) is 0 Å². The third-order valence-electron chi connectivity index (χ3n) is 3.43. The fourth-order valence-electron chi connectivity index (χ4n) is 2.02. The van der Waals surface area contributed by atoms with Gasteiger partial charge in [-0.1, -0.05) is 19.9 Å². The maximum absolute atomic E-state index is 13.2. The first-order chi connectivity index (χ1) is 11.7. The summed E-state index contributed by atoms with van der Waals surface area (Å²) in [5.74, 6) is -1.01. The number of benzene rings is 1. The van der Waals surface area contributed by atoms with Crippen molar-refractivity contribution in [1.82, 2.24) is 9.97 Å². The minimum absolute atomic E-state index is 0.0530. The van der Waals surface area contributed by atoms with Gasteiger partial charge in [0.25, 0.3) is 0 Å². The number of hydrogen-bond acceptors (Lipinski definition) is 5. The van der Waals surface area contributed by atoms with E-state index in [1.54, 1.807) is 13.8 Å². The molecule has 9 heteroatoms. The Hall–Kier alpha value is -2.42. The first-order valence-electron chi connectivity index (χ1n) is 7.55. The van der Waals surface area contributed by atoms with Gasteiger partial charge in [-0.15, -0.1) is 0 Å². The highest BCUT2D eigenvalue weighted by atomic mass is 19.4. The summed E-state index contributed by atoms with van der Waals surface area (Å²) in [6.45, 7) is 3.31. The summed E-state index contributed by atoms with van der Waals surface area (Å²) >= 11 is 0. The Morgan fingerprint density at radius 3 is 2.44 bits per heavy atom. The molecule has 5 nitrogen and oxygen atoms in total. The third-order valence-corrected chi connectivity index (χ3v) is 3.43. The van der Waals surface area contributed by atoms with Crippen molar-refractivity contribution in [2.24, 2.45) is 5.92 Å². The van der Waals surface area contributed by atoms with Crippen molar-refractivity contribution in [3.8, 4) is 0 Å². The molecule has 0 bridgehead atoms. The number of nitrogens with zero attached hydrogens (tertiary/aromatic N) is 2. The van der Waals surface area contributed by atoms with Crippen molar-refractivity contribution in [1.29, 1.82) is 0 Å². The number of anilines is 3. The molecule has 0 saturated carbocycles. The monoisotopic (exact) mass is 358 g/mol. The molecule has 0 unspecified atom stereocenters. The van der Waals surface area contributed by atoms with E-state index in [-0.39, 0.29) is 30.0 Å². The van der Waals surface area contributed by atoms with E-state index in [2.05, 4.69) is 20.6 Å². The molecule has 0 spiro atoms. The van der Waals surface area contributed by atoms with Crippen molar-refractivity contribution in [3.05, 3.63) is 41.8 Å². The predicted molar refractivity (Wildman–Crippen MR) is 86.1 cm³/mol. The van der Waals surface area contributed by atoms with Gasteiger partial charge in [-0.05, 0) is 24.1 Å². The summed E-state index contributed by atoms with van der Waals surface area (Å²) in [7, 11) is 0. The molecule has 0 aliphatic heterocycles. The minimum atomic E-state index is -4.68. The molecule has 2 aromatic rings. The molecule has 136 valence electrons. The summed E-state index contributed by atoms with van der Waals surface area (Å²) < 4.78 is 52.5. The van der Waals surface area contributed by atoms with E-state index in [0.717, 1.165) is 12.1 Å². The number of aliphatic hydroxyl groups is 1. The van der Waals surface area contributed by atoms with Crippen molar-refractivity contribution in [2.45, 2.75) is 26.1 Å². The van der Waals surface area contributed by atoms with Crippen LogP contribution < -0.4 is 10.6 Å². The van der Waals surface area contributed by atoms with E-state index >= 15 is 0 Å². The molecule has 25 heavy (non-hydrogen) atoms. The van der Waals surface area contributed by atoms with Crippen molar-refractivity contribution >= 4 is 17.5 Å². The number of hydrogen-bond donors (Lipinski definition) is 3. The van der Waals surface area contributed by atoms with Crippen LogP contribution in [-0.4, -0.2) is 27.7 Å². The highest BCUT2D eigenvalue weighted by molar-refractivity contribution is 5.57. The molecule has 3 N–H and O–H groups in total. The van der Waals surface area contributed by atoms with Gasteiger partial charge in [0.1, 0.15) is 11.6 Å². The Bertz CT molecular complexity index is 722. The number of rotatable bonds is 6. The van der Waals surface area contributed by atoms with Gasteiger partial charge in [0, 0.05) is 11.8 Å². The fourth-order valence-corrected chi connectivity index (χ4v) is 2.02. The van der Waals surface area contributed by atoms with Gasteiger partial charge in [0.15, 0.2) is 5.69 Å². The average Bonchev–Trinajstić information content (AvgIpc) is 2.51. The van der Waals surface area contributed by atoms with E-state index in [0.29, 0.717) is 0 Å². The zero-order valence-electron chi connectivity index (χ0n) is 13.6. The standard InChI is InChI=1S/C16H18F4N4O/c1-9(2)12(8-25)22-15-23-13(16(18,19)20)7-14(24-15)21-11-5-3-4-10(17)6-11/h3-7,9,12,25H,8H2,1-2H3,(H2,21,22,23,24)/t12-/m1/s1. The SMILES string of the molecule is CC(C)[C@@H](CO)Nc1nc(Nc2cccc(F)c2)cc(C(F)(F)F)n1. The first kappa shape index (κ1) is 18.9. The highest BCUT2D eigenvalue weighted by Crippen LogP contribution is 2.30. The second-order valence-corrected chi connectivity index (χ2v) is 5.77. The Morgan fingerprint density at radius 2 is 1.88 bits per heavy atom. The van der Waals surface area contributed by atoms with Gasteiger partial charge in [0.05, 0.1) is 12.6 Å². The first-order valence-corrected chi connectivity index (χ1v) is 7.55. The van der Waals surface area contributed by atoms with Crippen LogP contribution in [0.2, 0.25) is 0 Å². The molecule has 2 rings (SSSR count). The number of aromatic nitrogens is 2. The number of halogens is 4. The van der Waals surface area contributed by atoms with E-state index in [1.807, 2.05) is 0 Å². The lowest BCUT2D eigenvalue weighted by molar-refractivity contribution is -0.141. The summed E-state index contributed by atoms with van der Waals surface area (Å²) in [5.41, 5.74) is -0.898. The molecule has 0 amide bonds. The molecule has 1 aromatic heterocycles. The number of aliphatic hydroxyl groups excluding tert-OH is 1. The van der Waals surface area contributed by atoms with Gasteiger partial charge in [0.2, 0.25) is 5.95 Å². The molecule has 1 aromatic carbocycles. The van der Waals surface area contributed by atoms with Gasteiger partial charge in [-0.2, -0.15) is 18.2 Å². The molecule has 1 atom stereocenters. The molecular formula is C16H18F4N4O. The number of alkyl halides is 3. The Morgan fingerprint density at radius 1 is 1.16 bits per heavy atom. The molecule has 0 aliphatic rings. The van der Waals surface area contributed by atoms with Gasteiger partial charge in [-0.25, -0.2) is 9.37 Å². The van der Waals surface area contributed by atoms with Crippen LogP contribution >= 0.6 is 0 Å². The van der Waals surface area contributed by atoms with E-state index in [1.165, 1.54) is 18.2 Å². The zero-order valence-corrected chi connectivity index (χ0v) is 13.6. The normalized spacial score (nSPS) is 13.0. The lowest BCUT2D eigenvalue weighted by Crippen LogP contribution is -2.30. The second kappa shape index (κ2) is 7.64.